The first-order valence-electron chi connectivity index (χ1n) is 5.30. The van der Waals surface area contributed by atoms with Gasteiger partial charge in [0.2, 0.25) is 0 Å². The van der Waals surface area contributed by atoms with Gasteiger partial charge in [0.25, 0.3) is 5.56 Å². The third-order valence-electron chi connectivity index (χ3n) is 2.68. The predicted octanol–water partition coefficient (Wildman–Crippen LogP) is 0.943. The van der Waals surface area contributed by atoms with E-state index in [1.165, 1.54) is 24.6 Å². The smallest absolute Gasteiger partial charge is 0.298 e. The summed E-state index contributed by atoms with van der Waals surface area (Å²) in [5.74, 6) is -0.160. The van der Waals surface area contributed by atoms with Gasteiger partial charge in [0.1, 0.15) is 5.78 Å². The van der Waals surface area contributed by atoms with Crippen molar-refractivity contribution >= 4 is 28.3 Å². The second-order valence-corrected chi connectivity index (χ2v) is 4.53. The molecular formula is C12H11ClN2O3. The molecule has 0 fully saturated rings. The summed E-state index contributed by atoms with van der Waals surface area (Å²) in [6.07, 6.45) is 0. The lowest BCUT2D eigenvalue weighted by atomic mass is 10.2. The van der Waals surface area contributed by atoms with Gasteiger partial charge in [0.05, 0.1) is 17.4 Å². The normalized spacial score (nSPS) is 10.8. The van der Waals surface area contributed by atoms with Crippen molar-refractivity contribution < 1.29 is 4.79 Å². The Morgan fingerprint density at radius 2 is 2.00 bits per heavy atom. The zero-order valence-electron chi connectivity index (χ0n) is 9.94. The van der Waals surface area contributed by atoms with Gasteiger partial charge in [-0.15, -0.1) is 0 Å². The molecule has 0 aliphatic heterocycles. The minimum atomic E-state index is -0.509. The van der Waals surface area contributed by atoms with Crippen LogP contribution in [0, 0.1) is 0 Å². The maximum atomic E-state index is 12.0. The van der Waals surface area contributed by atoms with Gasteiger partial charge < -0.3 is 0 Å². The highest BCUT2D eigenvalue weighted by Crippen LogP contribution is 2.15. The molecule has 0 saturated carbocycles. The SMILES string of the molecule is CC(=O)Cn1c(=O)n(C)c(=O)c2cc(Cl)ccc21. The van der Waals surface area contributed by atoms with Crippen LogP contribution in [0.4, 0.5) is 0 Å². The van der Waals surface area contributed by atoms with E-state index in [-0.39, 0.29) is 12.3 Å². The van der Waals surface area contributed by atoms with E-state index in [4.69, 9.17) is 11.6 Å². The van der Waals surface area contributed by atoms with Gasteiger partial charge >= 0.3 is 5.69 Å². The number of Topliss-reactive ketones (excluding diaryl/α,β-unsaturated/α-hetero) is 1. The minimum Gasteiger partial charge on any atom is -0.298 e. The van der Waals surface area contributed by atoms with E-state index >= 15 is 0 Å². The van der Waals surface area contributed by atoms with Crippen LogP contribution in [-0.2, 0) is 18.4 Å². The van der Waals surface area contributed by atoms with E-state index in [2.05, 4.69) is 0 Å². The summed E-state index contributed by atoms with van der Waals surface area (Å²) in [5, 5.41) is 0.735. The molecule has 1 aromatic heterocycles. The van der Waals surface area contributed by atoms with Gasteiger partial charge in [-0.1, -0.05) is 11.6 Å². The van der Waals surface area contributed by atoms with Crippen molar-refractivity contribution in [3.05, 3.63) is 44.1 Å². The zero-order chi connectivity index (χ0) is 13.4. The summed E-state index contributed by atoms with van der Waals surface area (Å²) in [5.41, 5.74) is -0.509. The second-order valence-electron chi connectivity index (χ2n) is 4.10. The molecule has 1 heterocycles. The number of carbonyl (C=O) groups excluding carboxylic acids is 1. The maximum absolute atomic E-state index is 12.0. The van der Waals surface area contributed by atoms with E-state index in [1.54, 1.807) is 12.1 Å². The Balaban J connectivity index is 2.97. The van der Waals surface area contributed by atoms with Crippen LogP contribution in [0.3, 0.4) is 0 Å². The van der Waals surface area contributed by atoms with Gasteiger partial charge in [0.15, 0.2) is 0 Å². The van der Waals surface area contributed by atoms with Gasteiger partial charge in [-0.2, -0.15) is 0 Å². The van der Waals surface area contributed by atoms with Crippen molar-refractivity contribution in [2.45, 2.75) is 13.5 Å². The van der Waals surface area contributed by atoms with Crippen LogP contribution in [0.25, 0.3) is 10.9 Å². The number of hydrogen-bond acceptors (Lipinski definition) is 3. The molecule has 0 aliphatic rings. The van der Waals surface area contributed by atoms with Crippen LogP contribution in [0.1, 0.15) is 6.92 Å². The van der Waals surface area contributed by atoms with Crippen LogP contribution in [0.5, 0.6) is 0 Å². The quantitative estimate of drug-likeness (QED) is 0.813. The number of halogens is 1. The Hall–Kier alpha value is -1.88. The van der Waals surface area contributed by atoms with Gasteiger partial charge in [-0.25, -0.2) is 4.79 Å². The van der Waals surface area contributed by atoms with E-state index in [1.807, 2.05) is 0 Å². The first-order valence-corrected chi connectivity index (χ1v) is 5.68. The fourth-order valence-electron chi connectivity index (χ4n) is 1.84. The molecule has 2 aromatic rings. The summed E-state index contributed by atoms with van der Waals surface area (Å²) >= 11 is 5.84. The molecule has 94 valence electrons. The van der Waals surface area contributed by atoms with Crippen molar-refractivity contribution in [3.63, 3.8) is 0 Å². The van der Waals surface area contributed by atoms with E-state index < -0.39 is 11.2 Å². The van der Waals surface area contributed by atoms with Gasteiger partial charge in [-0.3, -0.25) is 18.7 Å². The van der Waals surface area contributed by atoms with Crippen molar-refractivity contribution in [2.24, 2.45) is 7.05 Å². The minimum absolute atomic E-state index is 0.0644. The second kappa shape index (κ2) is 4.42. The zero-order valence-corrected chi connectivity index (χ0v) is 10.7. The average molecular weight is 267 g/mol. The molecule has 1 aromatic carbocycles. The number of rotatable bonds is 2. The number of fused-ring (bicyclic) bond motifs is 1. The summed E-state index contributed by atoms with van der Waals surface area (Å²) in [4.78, 5) is 35.1. The van der Waals surface area contributed by atoms with Crippen LogP contribution >= 0.6 is 11.6 Å². The highest BCUT2D eigenvalue weighted by Gasteiger charge is 2.12. The molecule has 0 amide bonds. The third-order valence-corrected chi connectivity index (χ3v) is 2.92. The molecule has 0 bridgehead atoms. The maximum Gasteiger partial charge on any atom is 0.331 e. The Morgan fingerprint density at radius 1 is 1.33 bits per heavy atom. The number of benzene rings is 1. The highest BCUT2D eigenvalue weighted by molar-refractivity contribution is 6.31. The Morgan fingerprint density at radius 3 is 2.61 bits per heavy atom. The molecule has 6 heteroatoms. The summed E-state index contributed by atoms with van der Waals surface area (Å²) in [6.45, 7) is 1.32. The predicted molar refractivity (Wildman–Crippen MR) is 69.1 cm³/mol. The molecule has 0 unspecified atom stereocenters. The molecule has 0 N–H and O–H groups in total. The standard InChI is InChI=1S/C12H11ClN2O3/c1-7(16)6-15-10-4-3-8(13)5-9(10)11(17)14(2)12(15)18/h3-5H,6H2,1-2H3. The van der Waals surface area contributed by atoms with Crippen molar-refractivity contribution in [1.82, 2.24) is 9.13 Å². The lowest BCUT2D eigenvalue weighted by Crippen LogP contribution is -2.39. The van der Waals surface area contributed by atoms with Crippen molar-refractivity contribution in [3.8, 4) is 0 Å². The molecule has 2 rings (SSSR count). The number of carbonyl (C=O) groups is 1. The molecule has 0 atom stereocenters. The number of nitrogens with zero attached hydrogens (tertiary/aromatic N) is 2. The van der Waals surface area contributed by atoms with Gasteiger partial charge in [-0.05, 0) is 25.1 Å². The molecular weight excluding hydrogens is 256 g/mol. The Labute approximate surface area is 107 Å². The lowest BCUT2D eigenvalue weighted by molar-refractivity contribution is -0.117. The van der Waals surface area contributed by atoms with E-state index in [9.17, 15) is 14.4 Å². The summed E-state index contributed by atoms with van der Waals surface area (Å²) in [7, 11) is 1.38. The molecule has 18 heavy (non-hydrogen) atoms. The van der Waals surface area contributed by atoms with Crippen LogP contribution in [0.2, 0.25) is 5.02 Å². The third kappa shape index (κ3) is 1.97. The summed E-state index contributed by atoms with van der Waals surface area (Å²) < 4.78 is 2.25. The first kappa shape index (κ1) is 12.6. The van der Waals surface area contributed by atoms with Crippen molar-refractivity contribution in [2.75, 3.05) is 0 Å². The topological polar surface area (TPSA) is 61.1 Å². The van der Waals surface area contributed by atoms with Gasteiger partial charge in [0, 0.05) is 12.1 Å². The van der Waals surface area contributed by atoms with E-state index in [0.29, 0.717) is 15.9 Å². The molecule has 5 nitrogen and oxygen atoms in total. The number of ketones is 1. The number of aromatic nitrogens is 2. The largest absolute Gasteiger partial charge is 0.331 e. The van der Waals surface area contributed by atoms with Crippen LogP contribution < -0.4 is 11.2 Å². The first-order chi connectivity index (χ1) is 8.41. The monoisotopic (exact) mass is 266 g/mol. The lowest BCUT2D eigenvalue weighted by Gasteiger charge is -2.10. The Bertz CT molecular complexity index is 758. The average Bonchev–Trinajstić information content (AvgIpc) is 2.32. The fourth-order valence-corrected chi connectivity index (χ4v) is 2.01. The highest BCUT2D eigenvalue weighted by atomic mass is 35.5. The number of hydrogen-bond donors (Lipinski definition) is 0. The van der Waals surface area contributed by atoms with Crippen LogP contribution in [-0.4, -0.2) is 14.9 Å². The molecule has 0 spiro atoms. The molecule has 0 saturated heterocycles. The summed E-state index contributed by atoms with van der Waals surface area (Å²) in [6, 6.07) is 4.65. The van der Waals surface area contributed by atoms with Crippen LogP contribution in [0.15, 0.2) is 27.8 Å². The van der Waals surface area contributed by atoms with Crippen molar-refractivity contribution in [1.29, 1.82) is 0 Å². The molecule has 0 aliphatic carbocycles. The molecule has 0 radical (unpaired) electrons. The van der Waals surface area contributed by atoms with E-state index in [0.717, 1.165) is 4.57 Å². The Kier molecular flexibility index (Phi) is 3.09. The fraction of sp³-hybridized carbons (Fsp3) is 0.250.